The van der Waals surface area contributed by atoms with E-state index in [1.54, 1.807) is 14.2 Å². The molecule has 176 valence electrons. The molecule has 1 fully saturated rings. The quantitative estimate of drug-likeness (QED) is 0.428. The van der Waals surface area contributed by atoms with E-state index in [1.165, 1.54) is 0 Å². The van der Waals surface area contributed by atoms with Crippen molar-refractivity contribution < 1.29 is 23.2 Å². The molecule has 0 unspecified atom stereocenters. The highest BCUT2D eigenvalue weighted by atomic mass is 16.5. The molecule has 5 rings (SSSR count). The van der Waals surface area contributed by atoms with Gasteiger partial charge in [-0.1, -0.05) is 5.16 Å². The van der Waals surface area contributed by atoms with Crippen molar-refractivity contribution in [2.45, 2.75) is 13.5 Å². The Morgan fingerprint density at radius 2 is 1.71 bits per heavy atom. The molecule has 1 aliphatic rings. The van der Waals surface area contributed by atoms with E-state index >= 15 is 0 Å². The molecule has 0 spiro atoms. The lowest BCUT2D eigenvalue weighted by Crippen LogP contribution is -2.48. The van der Waals surface area contributed by atoms with Crippen molar-refractivity contribution in [2.75, 3.05) is 40.4 Å². The van der Waals surface area contributed by atoms with Gasteiger partial charge in [0.25, 0.3) is 5.91 Å². The number of hydrogen-bond acceptors (Lipinski definition) is 8. The van der Waals surface area contributed by atoms with Crippen molar-refractivity contribution in [2.24, 2.45) is 0 Å². The second-order valence-electron chi connectivity index (χ2n) is 8.23. The van der Waals surface area contributed by atoms with Crippen LogP contribution >= 0.6 is 0 Å². The minimum absolute atomic E-state index is 0.0908. The predicted octanol–water partition coefficient (Wildman–Crippen LogP) is 3.77. The summed E-state index contributed by atoms with van der Waals surface area (Å²) in [5, 5.41) is 4.99. The van der Waals surface area contributed by atoms with Crippen molar-refractivity contribution in [1.82, 2.24) is 19.9 Å². The molecular formula is C25H26N4O5. The van der Waals surface area contributed by atoms with Gasteiger partial charge in [-0.15, -0.1) is 0 Å². The standard InChI is InChI=1S/C25H26N4O5/c1-16-20-14-19(32-3)8-9-21(20)33-23(16)25(30)29-12-10-28(11-13-29)15-22-26-24(27-34-22)17-4-6-18(31-2)7-5-17/h4-9,14H,10-13,15H2,1-3H3. The third-order valence-electron chi connectivity index (χ3n) is 6.17. The van der Waals surface area contributed by atoms with E-state index in [4.69, 9.17) is 18.4 Å². The maximum Gasteiger partial charge on any atom is 0.289 e. The number of methoxy groups -OCH3 is 2. The van der Waals surface area contributed by atoms with Gasteiger partial charge >= 0.3 is 0 Å². The van der Waals surface area contributed by atoms with Gasteiger partial charge in [0.2, 0.25) is 11.7 Å². The number of benzene rings is 2. The fourth-order valence-corrected chi connectivity index (χ4v) is 4.15. The topological polar surface area (TPSA) is 94.1 Å². The number of rotatable bonds is 6. The summed E-state index contributed by atoms with van der Waals surface area (Å²) in [5.41, 5.74) is 2.38. The number of hydrogen-bond donors (Lipinski definition) is 0. The molecule has 0 saturated carbocycles. The molecule has 4 aromatic rings. The molecule has 1 aliphatic heterocycles. The Morgan fingerprint density at radius 3 is 2.41 bits per heavy atom. The molecule has 9 heteroatoms. The van der Waals surface area contributed by atoms with Crippen molar-refractivity contribution in [3.05, 3.63) is 59.7 Å². The number of furan rings is 1. The fourth-order valence-electron chi connectivity index (χ4n) is 4.15. The van der Waals surface area contributed by atoms with Crippen molar-refractivity contribution >= 4 is 16.9 Å². The number of piperazine rings is 1. The Bertz CT molecular complexity index is 1300. The summed E-state index contributed by atoms with van der Waals surface area (Å²) >= 11 is 0. The molecular weight excluding hydrogens is 436 g/mol. The van der Waals surface area contributed by atoms with Crippen molar-refractivity contribution in [1.29, 1.82) is 0 Å². The molecule has 0 atom stereocenters. The van der Waals surface area contributed by atoms with Gasteiger partial charge in [0, 0.05) is 42.7 Å². The third kappa shape index (κ3) is 4.22. The monoisotopic (exact) mass is 462 g/mol. The van der Waals surface area contributed by atoms with E-state index in [-0.39, 0.29) is 5.91 Å². The number of carbonyl (C=O) groups excluding carboxylic acids is 1. The first kappa shape index (κ1) is 22.0. The molecule has 2 aromatic carbocycles. The van der Waals surface area contributed by atoms with Gasteiger partial charge in [0.15, 0.2) is 5.76 Å². The van der Waals surface area contributed by atoms with Crippen LogP contribution < -0.4 is 9.47 Å². The Hall–Kier alpha value is -3.85. The average molecular weight is 463 g/mol. The molecule has 0 N–H and O–H groups in total. The van der Waals surface area contributed by atoms with Crippen molar-refractivity contribution in [3.63, 3.8) is 0 Å². The van der Waals surface area contributed by atoms with Gasteiger partial charge in [-0.3, -0.25) is 9.69 Å². The van der Waals surface area contributed by atoms with Crippen LogP contribution in [0.2, 0.25) is 0 Å². The van der Waals surface area contributed by atoms with Gasteiger partial charge in [-0.2, -0.15) is 4.98 Å². The van der Waals surface area contributed by atoms with Gasteiger partial charge in [-0.05, 0) is 49.4 Å². The van der Waals surface area contributed by atoms with Crippen LogP contribution in [0.5, 0.6) is 11.5 Å². The second-order valence-corrected chi connectivity index (χ2v) is 8.23. The average Bonchev–Trinajstić information content (AvgIpc) is 3.48. The Kier molecular flexibility index (Phi) is 5.93. The smallest absolute Gasteiger partial charge is 0.289 e. The highest BCUT2D eigenvalue weighted by Crippen LogP contribution is 2.30. The summed E-state index contributed by atoms with van der Waals surface area (Å²) in [6, 6.07) is 13.1. The molecule has 0 radical (unpaired) electrons. The highest BCUT2D eigenvalue weighted by molar-refractivity contribution is 5.99. The maximum atomic E-state index is 13.1. The number of ether oxygens (including phenoxy) is 2. The lowest BCUT2D eigenvalue weighted by atomic mass is 10.1. The highest BCUT2D eigenvalue weighted by Gasteiger charge is 2.27. The summed E-state index contributed by atoms with van der Waals surface area (Å²) in [6.07, 6.45) is 0. The van der Waals surface area contributed by atoms with Crippen LogP contribution in [-0.2, 0) is 6.54 Å². The zero-order valence-corrected chi connectivity index (χ0v) is 19.4. The minimum atomic E-state index is -0.0908. The van der Waals surface area contributed by atoms with Crippen LogP contribution in [-0.4, -0.2) is 66.2 Å². The zero-order valence-electron chi connectivity index (χ0n) is 19.4. The Morgan fingerprint density at radius 1 is 1.00 bits per heavy atom. The first-order valence-electron chi connectivity index (χ1n) is 11.1. The SMILES string of the molecule is COc1ccc(-c2noc(CN3CCN(C(=O)c4oc5ccc(OC)cc5c4C)CC3)n2)cc1. The van der Waals surface area contributed by atoms with Gasteiger partial charge < -0.3 is 23.3 Å². The molecule has 0 aliphatic carbocycles. The van der Waals surface area contributed by atoms with E-state index in [1.807, 2.05) is 54.3 Å². The lowest BCUT2D eigenvalue weighted by molar-refractivity contribution is 0.0586. The summed E-state index contributed by atoms with van der Waals surface area (Å²) in [5.74, 6) is 2.90. The Labute approximate surface area is 196 Å². The number of aromatic nitrogens is 2. The first-order chi connectivity index (χ1) is 16.6. The van der Waals surface area contributed by atoms with Crippen LogP contribution in [0.1, 0.15) is 22.0 Å². The van der Waals surface area contributed by atoms with Crippen LogP contribution in [0.25, 0.3) is 22.4 Å². The van der Waals surface area contributed by atoms with E-state index < -0.39 is 0 Å². The molecule has 1 saturated heterocycles. The third-order valence-corrected chi connectivity index (χ3v) is 6.17. The summed E-state index contributed by atoms with van der Waals surface area (Å²) in [4.78, 5) is 21.7. The number of fused-ring (bicyclic) bond motifs is 1. The van der Waals surface area contributed by atoms with Crippen molar-refractivity contribution in [3.8, 4) is 22.9 Å². The molecule has 1 amide bonds. The number of aryl methyl sites for hydroxylation is 1. The molecule has 0 bridgehead atoms. The minimum Gasteiger partial charge on any atom is -0.497 e. The zero-order chi connectivity index (χ0) is 23.7. The van der Waals surface area contributed by atoms with E-state index in [0.29, 0.717) is 55.8 Å². The lowest BCUT2D eigenvalue weighted by Gasteiger charge is -2.33. The van der Waals surface area contributed by atoms with Gasteiger partial charge in [0.05, 0.1) is 20.8 Å². The van der Waals surface area contributed by atoms with Crippen LogP contribution in [0.3, 0.4) is 0 Å². The summed E-state index contributed by atoms with van der Waals surface area (Å²) in [6.45, 7) is 5.05. The number of amides is 1. The van der Waals surface area contributed by atoms with E-state index in [2.05, 4.69) is 15.0 Å². The maximum absolute atomic E-state index is 13.1. The Balaban J connectivity index is 1.20. The fraction of sp³-hybridized carbons (Fsp3) is 0.320. The summed E-state index contributed by atoms with van der Waals surface area (Å²) < 4.78 is 21.8. The number of carbonyl (C=O) groups is 1. The number of nitrogens with zero attached hydrogens (tertiary/aromatic N) is 4. The normalized spacial score (nSPS) is 14.5. The molecule has 3 heterocycles. The summed E-state index contributed by atoms with van der Waals surface area (Å²) in [7, 11) is 3.25. The molecule has 34 heavy (non-hydrogen) atoms. The van der Waals surface area contributed by atoms with E-state index in [9.17, 15) is 4.79 Å². The predicted molar refractivity (Wildman–Crippen MR) is 125 cm³/mol. The van der Waals surface area contributed by atoms with Gasteiger partial charge in [-0.25, -0.2) is 0 Å². The molecule has 9 nitrogen and oxygen atoms in total. The molecule has 2 aromatic heterocycles. The van der Waals surface area contributed by atoms with Crippen LogP contribution in [0, 0.1) is 6.92 Å². The van der Waals surface area contributed by atoms with E-state index in [0.717, 1.165) is 28.0 Å². The second kappa shape index (κ2) is 9.18. The largest absolute Gasteiger partial charge is 0.497 e. The van der Waals surface area contributed by atoms with Crippen LogP contribution in [0.15, 0.2) is 51.4 Å². The van der Waals surface area contributed by atoms with Gasteiger partial charge in [0.1, 0.15) is 17.1 Å². The first-order valence-corrected chi connectivity index (χ1v) is 11.1. The van der Waals surface area contributed by atoms with Crippen LogP contribution in [0.4, 0.5) is 0 Å².